The van der Waals surface area contributed by atoms with Gasteiger partial charge in [-0.25, -0.2) is 0 Å². The van der Waals surface area contributed by atoms with Gasteiger partial charge in [-0.3, -0.25) is 10.1 Å². The number of nitrogens with one attached hydrogen (secondary N) is 1. The van der Waals surface area contributed by atoms with E-state index in [0.717, 1.165) is 0 Å². The van der Waals surface area contributed by atoms with E-state index in [9.17, 15) is 9.90 Å². The Morgan fingerprint density at radius 3 is 2.00 bits per heavy atom. The molecule has 0 saturated heterocycles. The lowest BCUT2D eigenvalue weighted by Crippen LogP contribution is -2.52. The van der Waals surface area contributed by atoms with E-state index in [-0.39, 0.29) is 0 Å². The van der Waals surface area contributed by atoms with E-state index in [1.54, 1.807) is 13.8 Å². The number of carboxylic acid groups (broad SMARTS) is 1. The molecule has 0 amide bonds. The zero-order valence-electron chi connectivity index (χ0n) is 9.42. The summed E-state index contributed by atoms with van der Waals surface area (Å²) in [5.41, 5.74) is -1.79. The molecule has 14 heavy (non-hydrogen) atoms. The Balaban J connectivity index is 4.23. The first-order valence-corrected chi connectivity index (χ1v) is 4.98. The molecule has 4 heteroatoms. The average molecular weight is 203 g/mol. The van der Waals surface area contributed by atoms with Crippen LogP contribution in [0.5, 0.6) is 0 Å². The zero-order chi connectivity index (χ0) is 11.4. The van der Waals surface area contributed by atoms with Gasteiger partial charge < -0.3 is 10.2 Å². The van der Waals surface area contributed by atoms with Crippen molar-refractivity contribution in [3.63, 3.8) is 0 Å². The normalized spacial score (nSPS) is 12.9. The fourth-order valence-corrected chi connectivity index (χ4v) is 0.961. The predicted octanol–water partition coefficient (Wildman–Crippen LogP) is 0.990. The Morgan fingerprint density at radius 2 is 1.71 bits per heavy atom. The zero-order valence-corrected chi connectivity index (χ0v) is 9.42. The molecule has 0 saturated carbocycles. The third-order valence-electron chi connectivity index (χ3n) is 2.71. The lowest BCUT2D eigenvalue weighted by atomic mass is 9.95. The van der Waals surface area contributed by atoms with E-state index in [0.29, 0.717) is 19.4 Å². The minimum atomic E-state index is -0.988. The Labute approximate surface area is 85.3 Å². The van der Waals surface area contributed by atoms with E-state index >= 15 is 0 Å². The van der Waals surface area contributed by atoms with Gasteiger partial charge in [-0.2, -0.15) is 0 Å². The summed E-state index contributed by atoms with van der Waals surface area (Å²) in [4.78, 5) is 10.8. The number of aliphatic carboxylic acids is 1. The van der Waals surface area contributed by atoms with Gasteiger partial charge in [-0.15, -0.1) is 0 Å². The molecule has 84 valence electrons. The Hall–Kier alpha value is -0.610. The van der Waals surface area contributed by atoms with Gasteiger partial charge in [-0.05, 0) is 26.7 Å². The highest BCUT2D eigenvalue weighted by atomic mass is 16.4. The number of carboxylic acids is 1. The summed E-state index contributed by atoms with van der Waals surface area (Å²) in [5, 5.41) is 21.6. The first kappa shape index (κ1) is 13.4. The molecule has 0 aliphatic rings. The number of β-amino-alcohol motifs (C(OH)–C–C–N with tert-alkyl or cyclic N) is 1. The third kappa shape index (κ3) is 3.64. The highest BCUT2D eigenvalue weighted by Gasteiger charge is 2.30. The van der Waals surface area contributed by atoms with Crippen molar-refractivity contribution in [3.05, 3.63) is 0 Å². The summed E-state index contributed by atoms with van der Waals surface area (Å²) in [5.74, 6) is -0.910. The lowest BCUT2D eigenvalue weighted by Gasteiger charge is -2.30. The highest BCUT2D eigenvalue weighted by Crippen LogP contribution is 2.14. The van der Waals surface area contributed by atoms with Gasteiger partial charge in [0.1, 0.15) is 5.54 Å². The molecule has 0 heterocycles. The summed E-state index contributed by atoms with van der Waals surface area (Å²) < 4.78 is 0. The molecule has 4 nitrogen and oxygen atoms in total. The van der Waals surface area contributed by atoms with Crippen molar-refractivity contribution >= 4 is 5.97 Å². The van der Waals surface area contributed by atoms with Gasteiger partial charge in [0, 0.05) is 6.54 Å². The molecule has 0 unspecified atom stereocenters. The van der Waals surface area contributed by atoms with Crippen molar-refractivity contribution in [1.82, 2.24) is 5.32 Å². The van der Waals surface area contributed by atoms with Crippen LogP contribution in [-0.2, 0) is 4.79 Å². The molecule has 0 aromatic heterocycles. The molecule has 0 aromatic rings. The highest BCUT2D eigenvalue weighted by molar-refractivity contribution is 5.77. The van der Waals surface area contributed by atoms with Gasteiger partial charge in [0.15, 0.2) is 0 Å². The maximum atomic E-state index is 10.8. The van der Waals surface area contributed by atoms with E-state index in [1.807, 2.05) is 13.8 Å². The summed E-state index contributed by atoms with van der Waals surface area (Å²) in [7, 11) is 0. The fraction of sp³-hybridized carbons (Fsp3) is 0.900. The van der Waals surface area contributed by atoms with Crippen LogP contribution in [0.25, 0.3) is 0 Å². The number of rotatable bonds is 6. The molecule has 0 spiro atoms. The molecule has 0 radical (unpaired) electrons. The van der Waals surface area contributed by atoms with Crippen LogP contribution in [0.2, 0.25) is 0 Å². The largest absolute Gasteiger partial charge is 0.480 e. The minimum absolute atomic E-state index is 0.305. The van der Waals surface area contributed by atoms with E-state index in [4.69, 9.17) is 5.11 Å². The Bertz CT molecular complexity index is 198. The minimum Gasteiger partial charge on any atom is -0.480 e. The van der Waals surface area contributed by atoms with Gasteiger partial charge in [0.05, 0.1) is 5.60 Å². The first-order valence-electron chi connectivity index (χ1n) is 4.98. The number of hydrogen-bond donors (Lipinski definition) is 3. The quantitative estimate of drug-likeness (QED) is 0.602. The predicted molar refractivity (Wildman–Crippen MR) is 55.2 cm³/mol. The molecule has 3 N–H and O–H groups in total. The van der Waals surface area contributed by atoms with Crippen LogP contribution in [0.4, 0.5) is 0 Å². The molecule has 0 bridgehead atoms. The van der Waals surface area contributed by atoms with E-state index in [1.165, 1.54) is 0 Å². The second-order valence-electron chi connectivity index (χ2n) is 4.22. The van der Waals surface area contributed by atoms with E-state index in [2.05, 4.69) is 5.32 Å². The van der Waals surface area contributed by atoms with Crippen molar-refractivity contribution < 1.29 is 15.0 Å². The number of aliphatic hydroxyl groups is 1. The van der Waals surface area contributed by atoms with Crippen LogP contribution >= 0.6 is 0 Å². The second kappa shape index (κ2) is 4.75. The van der Waals surface area contributed by atoms with Crippen molar-refractivity contribution in [2.45, 2.75) is 51.7 Å². The topological polar surface area (TPSA) is 69.6 Å². The van der Waals surface area contributed by atoms with Crippen LogP contribution < -0.4 is 5.32 Å². The Kier molecular flexibility index (Phi) is 4.55. The van der Waals surface area contributed by atoms with Crippen LogP contribution in [0, 0.1) is 0 Å². The van der Waals surface area contributed by atoms with Crippen molar-refractivity contribution in [2.75, 3.05) is 6.54 Å². The third-order valence-corrected chi connectivity index (χ3v) is 2.71. The average Bonchev–Trinajstić information content (AvgIpc) is 2.14. The lowest BCUT2D eigenvalue weighted by molar-refractivity contribution is -0.143. The second-order valence-corrected chi connectivity index (χ2v) is 4.22. The molecule has 0 aliphatic heterocycles. The fourth-order valence-electron chi connectivity index (χ4n) is 0.961. The monoisotopic (exact) mass is 203 g/mol. The van der Waals surface area contributed by atoms with Crippen LogP contribution in [0.1, 0.15) is 40.5 Å². The maximum absolute atomic E-state index is 10.8. The molecule has 0 aliphatic carbocycles. The molecule has 0 rings (SSSR count). The van der Waals surface area contributed by atoms with Crippen molar-refractivity contribution in [1.29, 1.82) is 0 Å². The number of carbonyl (C=O) groups is 1. The SMILES string of the molecule is CCC(O)(CC)CNC(C)(C)C(=O)O. The van der Waals surface area contributed by atoms with Crippen molar-refractivity contribution in [2.24, 2.45) is 0 Å². The summed E-state index contributed by atoms with van der Waals surface area (Å²) in [6, 6.07) is 0. The molecular weight excluding hydrogens is 182 g/mol. The maximum Gasteiger partial charge on any atom is 0.323 e. The molecule has 0 aromatic carbocycles. The smallest absolute Gasteiger partial charge is 0.323 e. The van der Waals surface area contributed by atoms with E-state index < -0.39 is 17.1 Å². The summed E-state index contributed by atoms with van der Waals surface area (Å²) in [6.07, 6.45) is 1.23. The molecular formula is C10H21NO3. The first-order chi connectivity index (χ1) is 6.27. The van der Waals surface area contributed by atoms with Crippen LogP contribution in [0.15, 0.2) is 0 Å². The summed E-state index contributed by atoms with van der Waals surface area (Å²) in [6.45, 7) is 7.25. The molecule has 0 atom stereocenters. The van der Waals surface area contributed by atoms with Gasteiger partial charge in [0.25, 0.3) is 0 Å². The summed E-state index contributed by atoms with van der Waals surface area (Å²) >= 11 is 0. The van der Waals surface area contributed by atoms with Crippen LogP contribution in [-0.4, -0.2) is 33.9 Å². The van der Waals surface area contributed by atoms with Gasteiger partial charge in [-0.1, -0.05) is 13.8 Å². The van der Waals surface area contributed by atoms with Crippen molar-refractivity contribution in [3.8, 4) is 0 Å². The van der Waals surface area contributed by atoms with Gasteiger partial charge in [0.2, 0.25) is 0 Å². The number of hydrogen-bond acceptors (Lipinski definition) is 3. The van der Waals surface area contributed by atoms with Gasteiger partial charge >= 0.3 is 5.97 Å². The molecule has 0 fully saturated rings. The standard InChI is InChI=1S/C10H21NO3/c1-5-10(14,6-2)7-11-9(3,4)8(12)13/h11,14H,5-7H2,1-4H3,(H,12,13). The van der Waals surface area contributed by atoms with Crippen LogP contribution in [0.3, 0.4) is 0 Å². The Morgan fingerprint density at radius 1 is 1.29 bits per heavy atom.